The molecule has 0 heterocycles. The number of methoxy groups -OCH3 is 1. The molecule has 0 fully saturated rings. The average Bonchev–Trinajstić information content (AvgIpc) is 2.15. The lowest BCUT2D eigenvalue weighted by Crippen LogP contribution is -1.98. The van der Waals surface area contributed by atoms with Crippen LogP contribution in [0.25, 0.3) is 0 Å². The summed E-state index contributed by atoms with van der Waals surface area (Å²) in [6.07, 6.45) is 0. The summed E-state index contributed by atoms with van der Waals surface area (Å²) in [5.41, 5.74) is 0. The normalized spacial score (nSPS) is 9.50. The first-order chi connectivity index (χ1) is 5.86. The summed E-state index contributed by atoms with van der Waals surface area (Å²) >= 11 is 0. The number of hydrogen-bond donors (Lipinski definition) is 0. The summed E-state index contributed by atoms with van der Waals surface area (Å²) < 4.78 is 21.6. The van der Waals surface area contributed by atoms with Crippen LogP contribution in [0.4, 0.5) is 4.39 Å². The Hall–Kier alpha value is -1.25. The minimum Gasteiger partial charge on any atom is -0.497 e. The molecule has 1 aromatic rings. The van der Waals surface area contributed by atoms with Crippen molar-refractivity contribution in [3.63, 3.8) is 0 Å². The molecule has 2 nitrogen and oxygen atoms in total. The van der Waals surface area contributed by atoms with Crippen LogP contribution in [0.1, 0.15) is 0 Å². The highest BCUT2D eigenvalue weighted by atomic mass is 19.1. The molecular weight excluding hydrogens is 159 g/mol. The van der Waals surface area contributed by atoms with Crippen molar-refractivity contribution in [3.05, 3.63) is 24.3 Å². The van der Waals surface area contributed by atoms with Gasteiger partial charge in [-0.1, -0.05) is 0 Å². The summed E-state index contributed by atoms with van der Waals surface area (Å²) in [7, 11) is 1.59. The van der Waals surface area contributed by atoms with Gasteiger partial charge in [0.15, 0.2) is 0 Å². The van der Waals surface area contributed by atoms with Crippen LogP contribution >= 0.6 is 0 Å². The lowest BCUT2D eigenvalue weighted by Gasteiger charge is -2.03. The molecule has 0 bridgehead atoms. The Morgan fingerprint density at radius 1 is 1.17 bits per heavy atom. The van der Waals surface area contributed by atoms with E-state index < -0.39 is 6.67 Å². The summed E-state index contributed by atoms with van der Waals surface area (Å²) in [6.45, 7) is -0.363. The molecule has 0 spiro atoms. The highest BCUT2D eigenvalue weighted by molar-refractivity contribution is 5.30. The van der Waals surface area contributed by atoms with Gasteiger partial charge >= 0.3 is 0 Å². The van der Waals surface area contributed by atoms with E-state index in [1.54, 1.807) is 31.4 Å². The molecule has 0 atom stereocenters. The number of ether oxygens (including phenoxy) is 2. The molecule has 0 saturated carbocycles. The smallest absolute Gasteiger partial charge is 0.123 e. The fourth-order valence-electron chi connectivity index (χ4n) is 0.828. The largest absolute Gasteiger partial charge is 0.497 e. The Kier molecular flexibility index (Phi) is 3.38. The fourth-order valence-corrected chi connectivity index (χ4v) is 0.828. The van der Waals surface area contributed by atoms with E-state index in [0.717, 1.165) is 5.75 Å². The van der Waals surface area contributed by atoms with Crippen LogP contribution < -0.4 is 9.47 Å². The third-order valence-electron chi connectivity index (χ3n) is 1.41. The third-order valence-corrected chi connectivity index (χ3v) is 1.41. The van der Waals surface area contributed by atoms with E-state index >= 15 is 0 Å². The second-order valence-corrected chi connectivity index (χ2v) is 2.21. The molecule has 0 aliphatic heterocycles. The Morgan fingerprint density at radius 2 is 1.75 bits per heavy atom. The van der Waals surface area contributed by atoms with Crippen LogP contribution in [0.3, 0.4) is 0 Å². The van der Waals surface area contributed by atoms with Gasteiger partial charge in [-0.3, -0.25) is 0 Å². The summed E-state index contributed by atoms with van der Waals surface area (Å²) in [4.78, 5) is 0. The van der Waals surface area contributed by atoms with Crippen molar-refractivity contribution in [2.75, 3.05) is 20.4 Å². The molecule has 3 heteroatoms. The quantitative estimate of drug-likeness (QED) is 0.688. The van der Waals surface area contributed by atoms with Gasteiger partial charge in [-0.2, -0.15) is 0 Å². The van der Waals surface area contributed by atoms with Crippen LogP contribution in [-0.4, -0.2) is 20.4 Å². The standard InChI is InChI=1S/C9H11FO2/c1-11-8-2-4-9(5-3-8)12-7-6-10/h2-5H,6-7H2,1H3. The zero-order valence-corrected chi connectivity index (χ0v) is 6.92. The number of alkyl halides is 1. The number of benzene rings is 1. The first-order valence-electron chi connectivity index (χ1n) is 3.69. The van der Waals surface area contributed by atoms with Crippen LogP contribution in [0.15, 0.2) is 24.3 Å². The van der Waals surface area contributed by atoms with Crippen molar-refractivity contribution in [2.45, 2.75) is 0 Å². The molecule has 0 aromatic heterocycles. The summed E-state index contributed by atoms with van der Waals surface area (Å²) in [5, 5.41) is 0. The Balaban J connectivity index is 2.53. The second-order valence-electron chi connectivity index (χ2n) is 2.21. The van der Waals surface area contributed by atoms with Crippen LogP contribution in [-0.2, 0) is 0 Å². The monoisotopic (exact) mass is 170 g/mol. The van der Waals surface area contributed by atoms with E-state index in [-0.39, 0.29) is 6.61 Å². The fraction of sp³-hybridized carbons (Fsp3) is 0.333. The topological polar surface area (TPSA) is 18.5 Å². The number of halogens is 1. The molecule has 12 heavy (non-hydrogen) atoms. The Bertz CT molecular complexity index is 220. The molecule has 0 unspecified atom stereocenters. The van der Waals surface area contributed by atoms with Crippen molar-refractivity contribution < 1.29 is 13.9 Å². The number of rotatable bonds is 4. The van der Waals surface area contributed by atoms with Gasteiger partial charge in [0.25, 0.3) is 0 Å². The average molecular weight is 170 g/mol. The molecule has 66 valence electrons. The maximum atomic E-state index is 11.7. The van der Waals surface area contributed by atoms with Gasteiger partial charge in [0.2, 0.25) is 0 Å². The van der Waals surface area contributed by atoms with E-state index in [4.69, 9.17) is 9.47 Å². The molecule has 1 rings (SSSR count). The Morgan fingerprint density at radius 3 is 2.25 bits per heavy atom. The molecule has 0 saturated heterocycles. The maximum absolute atomic E-state index is 11.7. The summed E-state index contributed by atoms with van der Waals surface area (Å²) in [6, 6.07) is 7.03. The second kappa shape index (κ2) is 4.59. The van der Waals surface area contributed by atoms with E-state index in [1.165, 1.54) is 0 Å². The van der Waals surface area contributed by atoms with Crippen molar-refractivity contribution >= 4 is 0 Å². The van der Waals surface area contributed by atoms with E-state index in [1.807, 2.05) is 0 Å². The highest BCUT2D eigenvalue weighted by Crippen LogP contribution is 2.16. The van der Waals surface area contributed by atoms with Gasteiger partial charge in [-0.05, 0) is 24.3 Å². The van der Waals surface area contributed by atoms with Crippen molar-refractivity contribution in [3.8, 4) is 11.5 Å². The zero-order valence-electron chi connectivity index (χ0n) is 6.92. The lowest BCUT2D eigenvalue weighted by atomic mass is 10.3. The van der Waals surface area contributed by atoms with Gasteiger partial charge in [0.05, 0.1) is 7.11 Å². The maximum Gasteiger partial charge on any atom is 0.123 e. The van der Waals surface area contributed by atoms with Crippen LogP contribution in [0, 0.1) is 0 Å². The molecule has 0 aliphatic carbocycles. The molecular formula is C9H11FO2. The molecule has 0 aliphatic rings. The van der Waals surface area contributed by atoms with E-state index in [2.05, 4.69) is 0 Å². The first-order valence-corrected chi connectivity index (χ1v) is 3.69. The SMILES string of the molecule is COc1ccc(OCCF)cc1. The predicted octanol–water partition coefficient (Wildman–Crippen LogP) is 2.04. The first kappa shape index (κ1) is 8.84. The van der Waals surface area contributed by atoms with Crippen molar-refractivity contribution in [2.24, 2.45) is 0 Å². The lowest BCUT2D eigenvalue weighted by molar-refractivity contribution is 0.273. The predicted molar refractivity (Wildman–Crippen MR) is 44.5 cm³/mol. The molecule has 0 amide bonds. The summed E-state index contributed by atoms with van der Waals surface area (Å²) in [5.74, 6) is 1.43. The van der Waals surface area contributed by atoms with Gasteiger partial charge in [0.1, 0.15) is 24.8 Å². The number of hydrogen-bond acceptors (Lipinski definition) is 2. The van der Waals surface area contributed by atoms with Gasteiger partial charge in [-0.25, -0.2) is 4.39 Å². The minimum atomic E-state index is -0.466. The molecule has 0 radical (unpaired) electrons. The van der Waals surface area contributed by atoms with Crippen molar-refractivity contribution in [1.29, 1.82) is 0 Å². The minimum absolute atomic E-state index is 0.104. The zero-order chi connectivity index (χ0) is 8.81. The van der Waals surface area contributed by atoms with Crippen molar-refractivity contribution in [1.82, 2.24) is 0 Å². The van der Waals surface area contributed by atoms with Crippen LogP contribution in [0.2, 0.25) is 0 Å². The third kappa shape index (κ3) is 2.42. The van der Waals surface area contributed by atoms with Gasteiger partial charge in [-0.15, -0.1) is 0 Å². The van der Waals surface area contributed by atoms with E-state index in [9.17, 15) is 4.39 Å². The highest BCUT2D eigenvalue weighted by Gasteiger charge is 1.93. The van der Waals surface area contributed by atoms with E-state index in [0.29, 0.717) is 5.75 Å². The molecule has 0 N–H and O–H groups in total. The Labute approximate surface area is 70.9 Å². The van der Waals surface area contributed by atoms with Gasteiger partial charge in [0, 0.05) is 0 Å². The molecule has 1 aromatic carbocycles. The van der Waals surface area contributed by atoms with Crippen LogP contribution in [0.5, 0.6) is 11.5 Å². The van der Waals surface area contributed by atoms with Gasteiger partial charge < -0.3 is 9.47 Å².